The second-order valence-corrected chi connectivity index (χ2v) is 2.39. The highest BCUT2D eigenvalue weighted by Gasteiger charge is 2.00. The molecule has 2 heterocycles. The van der Waals surface area contributed by atoms with E-state index in [0.717, 1.165) is 6.20 Å². The number of fused-ring (bicyclic) bond motifs is 1. The van der Waals surface area contributed by atoms with Crippen LogP contribution in [0.25, 0.3) is 11.2 Å². The van der Waals surface area contributed by atoms with Crippen molar-refractivity contribution in [2.75, 3.05) is 0 Å². The van der Waals surface area contributed by atoms with E-state index in [4.69, 9.17) is 4.42 Å². The molecule has 0 atom stereocenters. The number of aromatic nitrogens is 2. The molecule has 0 aliphatic heterocycles. The van der Waals surface area contributed by atoms with Gasteiger partial charge in [0.1, 0.15) is 5.82 Å². The van der Waals surface area contributed by atoms with Crippen molar-refractivity contribution in [1.82, 2.24) is 9.97 Å². The van der Waals surface area contributed by atoms with Gasteiger partial charge in [-0.3, -0.25) is 4.98 Å². The lowest BCUT2D eigenvalue weighted by Gasteiger charge is -1.84. The van der Waals surface area contributed by atoms with E-state index in [1.165, 1.54) is 6.07 Å². The molecule has 0 aliphatic rings. The van der Waals surface area contributed by atoms with Crippen LogP contribution in [-0.2, 0) is 0 Å². The van der Waals surface area contributed by atoms with Crippen molar-refractivity contribution in [1.29, 1.82) is 0 Å². The molecule has 0 amide bonds. The molecule has 3 nitrogen and oxygen atoms in total. The average Bonchev–Trinajstić information content (AvgIpc) is 2.27. The number of nitrogens with one attached hydrogen (secondary N) is 1. The van der Waals surface area contributed by atoms with Gasteiger partial charge in [-0.1, -0.05) is 0 Å². The van der Waals surface area contributed by atoms with E-state index < -0.39 is 5.82 Å². The van der Waals surface area contributed by atoms with Crippen molar-refractivity contribution in [3.05, 3.63) is 22.9 Å². The standard InChI is InChI=1S/C6H3FN2OS/c7-3-1-4-5(8-2-3)9-6(11)10-4/h1-2H,(H,8,9,11). The van der Waals surface area contributed by atoms with Gasteiger partial charge in [0.25, 0.3) is 4.84 Å². The van der Waals surface area contributed by atoms with E-state index in [0.29, 0.717) is 11.2 Å². The second-order valence-electron chi connectivity index (χ2n) is 2.01. The number of aromatic amines is 1. The summed E-state index contributed by atoms with van der Waals surface area (Å²) in [5.74, 6) is -0.435. The number of nitrogens with zero attached hydrogens (tertiary/aromatic N) is 1. The Morgan fingerprint density at radius 2 is 2.45 bits per heavy atom. The number of H-pyrrole nitrogens is 1. The van der Waals surface area contributed by atoms with Crippen LogP contribution in [0.2, 0.25) is 0 Å². The molecule has 0 bridgehead atoms. The largest absolute Gasteiger partial charge is 0.428 e. The van der Waals surface area contributed by atoms with Crippen molar-refractivity contribution in [3.63, 3.8) is 0 Å². The first-order valence-electron chi connectivity index (χ1n) is 2.90. The van der Waals surface area contributed by atoms with E-state index in [9.17, 15) is 4.39 Å². The van der Waals surface area contributed by atoms with Crippen LogP contribution in [-0.4, -0.2) is 9.97 Å². The van der Waals surface area contributed by atoms with Gasteiger partial charge in [-0.05, 0) is 12.2 Å². The number of rotatable bonds is 0. The summed E-state index contributed by atoms with van der Waals surface area (Å²) >= 11 is 4.67. The first-order valence-corrected chi connectivity index (χ1v) is 3.31. The minimum atomic E-state index is -0.435. The lowest BCUT2D eigenvalue weighted by Crippen LogP contribution is -1.77. The highest BCUT2D eigenvalue weighted by atomic mass is 32.1. The average molecular weight is 170 g/mol. The summed E-state index contributed by atoms with van der Waals surface area (Å²) in [4.78, 5) is 6.57. The highest BCUT2D eigenvalue weighted by molar-refractivity contribution is 7.71. The summed E-state index contributed by atoms with van der Waals surface area (Å²) in [6.07, 6.45) is 1.10. The molecule has 2 aromatic rings. The Morgan fingerprint density at radius 3 is 3.27 bits per heavy atom. The summed E-state index contributed by atoms with van der Waals surface area (Å²) in [6, 6.07) is 1.23. The van der Waals surface area contributed by atoms with Gasteiger partial charge in [0.15, 0.2) is 11.2 Å². The monoisotopic (exact) mass is 170 g/mol. The summed E-state index contributed by atoms with van der Waals surface area (Å²) in [5, 5.41) is 0. The number of halogens is 1. The van der Waals surface area contributed by atoms with Gasteiger partial charge >= 0.3 is 0 Å². The molecule has 1 N–H and O–H groups in total. The Morgan fingerprint density at radius 1 is 1.64 bits per heavy atom. The zero-order chi connectivity index (χ0) is 7.84. The van der Waals surface area contributed by atoms with Crippen molar-refractivity contribution < 1.29 is 8.81 Å². The maximum atomic E-state index is 12.5. The molecule has 11 heavy (non-hydrogen) atoms. The van der Waals surface area contributed by atoms with Gasteiger partial charge < -0.3 is 4.42 Å². The zero-order valence-electron chi connectivity index (χ0n) is 5.30. The fourth-order valence-corrected chi connectivity index (χ4v) is 1.00. The molecule has 0 unspecified atom stereocenters. The predicted octanol–water partition coefficient (Wildman–Crippen LogP) is 2.02. The van der Waals surface area contributed by atoms with Crippen LogP contribution < -0.4 is 0 Å². The normalized spacial score (nSPS) is 10.6. The molecule has 0 aromatic carbocycles. The van der Waals surface area contributed by atoms with E-state index >= 15 is 0 Å². The van der Waals surface area contributed by atoms with Crippen molar-refractivity contribution >= 4 is 23.4 Å². The molecule has 0 saturated heterocycles. The van der Waals surface area contributed by atoms with E-state index in [-0.39, 0.29) is 4.84 Å². The van der Waals surface area contributed by atoms with Crippen LogP contribution in [0, 0.1) is 10.7 Å². The minimum Gasteiger partial charge on any atom is -0.428 e. The highest BCUT2D eigenvalue weighted by Crippen LogP contribution is 2.10. The Labute approximate surface area is 65.9 Å². The first-order chi connectivity index (χ1) is 5.25. The molecule has 0 fully saturated rings. The third-order valence-electron chi connectivity index (χ3n) is 1.24. The van der Waals surface area contributed by atoms with Gasteiger partial charge in [-0.2, -0.15) is 0 Å². The summed E-state index contributed by atoms with van der Waals surface area (Å²) < 4.78 is 17.4. The van der Waals surface area contributed by atoms with Gasteiger partial charge in [-0.15, -0.1) is 0 Å². The smallest absolute Gasteiger partial charge is 0.268 e. The number of hydrogen-bond donors (Lipinski definition) is 1. The van der Waals surface area contributed by atoms with Crippen LogP contribution >= 0.6 is 12.2 Å². The lowest BCUT2D eigenvalue weighted by atomic mass is 10.4. The fraction of sp³-hybridized carbons (Fsp3) is 0. The second kappa shape index (κ2) is 2.13. The van der Waals surface area contributed by atoms with Crippen LogP contribution in [0.15, 0.2) is 16.7 Å². The summed E-state index contributed by atoms with van der Waals surface area (Å²) in [5.41, 5.74) is 0.811. The summed E-state index contributed by atoms with van der Waals surface area (Å²) in [6.45, 7) is 0. The molecule has 0 saturated carbocycles. The third-order valence-corrected chi connectivity index (χ3v) is 1.43. The molecule has 2 aromatic heterocycles. The van der Waals surface area contributed by atoms with Gasteiger partial charge in [0.2, 0.25) is 0 Å². The van der Waals surface area contributed by atoms with Gasteiger partial charge in [-0.25, -0.2) is 9.37 Å². The minimum absolute atomic E-state index is 0.207. The maximum Gasteiger partial charge on any atom is 0.268 e. The quantitative estimate of drug-likeness (QED) is 0.615. The van der Waals surface area contributed by atoms with Gasteiger partial charge in [0.05, 0.1) is 6.20 Å². The number of pyridine rings is 1. The van der Waals surface area contributed by atoms with E-state index in [1.54, 1.807) is 0 Å². The molecule has 2 rings (SSSR count). The molecule has 0 radical (unpaired) electrons. The van der Waals surface area contributed by atoms with Crippen molar-refractivity contribution in [3.8, 4) is 0 Å². The topological polar surface area (TPSA) is 41.8 Å². The Kier molecular flexibility index (Phi) is 1.25. The van der Waals surface area contributed by atoms with Crippen LogP contribution in [0.1, 0.15) is 0 Å². The van der Waals surface area contributed by atoms with Crippen LogP contribution in [0.5, 0.6) is 0 Å². The lowest BCUT2D eigenvalue weighted by molar-refractivity contribution is 0.574. The number of oxazole rings is 1. The SMILES string of the molecule is Fc1cnc2[nH]c(=S)oc2c1. The van der Waals surface area contributed by atoms with Gasteiger partial charge in [0, 0.05) is 6.07 Å². The first kappa shape index (κ1) is 6.48. The fourth-order valence-electron chi connectivity index (χ4n) is 0.814. The molecule has 5 heteroatoms. The summed E-state index contributed by atoms with van der Waals surface area (Å²) in [7, 11) is 0. The Bertz CT molecular complexity index is 447. The third kappa shape index (κ3) is 1.03. The number of hydrogen-bond acceptors (Lipinski definition) is 3. The predicted molar refractivity (Wildman–Crippen MR) is 39.2 cm³/mol. The van der Waals surface area contributed by atoms with E-state index in [2.05, 4.69) is 22.2 Å². The van der Waals surface area contributed by atoms with Crippen LogP contribution in [0.3, 0.4) is 0 Å². The Balaban J connectivity index is 2.92. The molecule has 0 spiro atoms. The van der Waals surface area contributed by atoms with Crippen molar-refractivity contribution in [2.24, 2.45) is 0 Å². The van der Waals surface area contributed by atoms with E-state index in [1.807, 2.05) is 0 Å². The molecule has 0 aliphatic carbocycles. The van der Waals surface area contributed by atoms with Crippen LogP contribution in [0.4, 0.5) is 4.39 Å². The zero-order valence-corrected chi connectivity index (χ0v) is 6.11. The molecular formula is C6H3FN2OS. The Hall–Kier alpha value is -1.23. The molecular weight excluding hydrogens is 167 g/mol. The molecule has 56 valence electrons. The maximum absolute atomic E-state index is 12.5. The van der Waals surface area contributed by atoms with Crippen molar-refractivity contribution in [2.45, 2.75) is 0 Å².